The summed E-state index contributed by atoms with van der Waals surface area (Å²) >= 11 is 1.64. The van der Waals surface area contributed by atoms with Crippen molar-refractivity contribution >= 4 is 17.4 Å². The van der Waals surface area contributed by atoms with Gasteiger partial charge in [0.1, 0.15) is 10.8 Å². The van der Waals surface area contributed by atoms with Crippen molar-refractivity contribution in [3.63, 3.8) is 0 Å². The van der Waals surface area contributed by atoms with E-state index in [2.05, 4.69) is 25.6 Å². The maximum atomic E-state index is 12.6. The number of imidazole rings is 1. The average Bonchev–Trinajstić information content (AvgIpc) is 3.11. The van der Waals surface area contributed by atoms with E-state index < -0.39 is 0 Å². The molecule has 2 N–H and O–H groups in total. The molecule has 0 bridgehead atoms. The van der Waals surface area contributed by atoms with Gasteiger partial charge in [0.25, 0.3) is 0 Å². The molecule has 2 aromatic rings. The van der Waals surface area contributed by atoms with Gasteiger partial charge >= 0.3 is 6.03 Å². The molecule has 4 rings (SSSR count). The highest BCUT2D eigenvalue weighted by molar-refractivity contribution is 7.09. The molecule has 1 atom stereocenters. The van der Waals surface area contributed by atoms with Crippen LogP contribution in [0, 0.1) is 0 Å². The largest absolute Gasteiger partial charge is 0.347 e. The van der Waals surface area contributed by atoms with Crippen LogP contribution in [0.3, 0.4) is 0 Å². The van der Waals surface area contributed by atoms with Gasteiger partial charge in [-0.3, -0.25) is 0 Å². The predicted octanol–water partition coefficient (Wildman–Crippen LogP) is 3.18. The molecule has 23 heavy (non-hydrogen) atoms. The van der Waals surface area contributed by atoms with Crippen LogP contribution in [-0.2, 0) is 6.54 Å². The molecule has 1 aliphatic heterocycles. The van der Waals surface area contributed by atoms with Crippen LogP contribution >= 0.6 is 11.3 Å². The number of aromatic nitrogens is 3. The van der Waals surface area contributed by atoms with Crippen LogP contribution < -0.4 is 5.32 Å². The summed E-state index contributed by atoms with van der Waals surface area (Å²) in [6, 6.07) is 0.0336. The number of thiazole rings is 1. The lowest BCUT2D eigenvalue weighted by Gasteiger charge is -2.34. The summed E-state index contributed by atoms with van der Waals surface area (Å²) in [6.45, 7) is 1.29. The molecule has 0 spiro atoms. The van der Waals surface area contributed by atoms with Crippen molar-refractivity contribution in [1.29, 1.82) is 0 Å². The molecule has 2 amide bonds. The zero-order valence-electron chi connectivity index (χ0n) is 13.0. The molecule has 0 radical (unpaired) electrons. The van der Waals surface area contributed by atoms with Gasteiger partial charge < -0.3 is 15.2 Å². The second-order valence-electron chi connectivity index (χ2n) is 6.28. The van der Waals surface area contributed by atoms with Crippen LogP contribution in [0.1, 0.15) is 60.6 Å². The molecule has 6 nitrogen and oxygen atoms in total. The standard InChI is InChI=1S/C16H21N5OS/c22-16(19-9-14-20-12(10-23-14)11-4-5-11)21-8-2-1-3-13(21)15-17-6-7-18-15/h6-7,10-11,13H,1-5,8-9H2,(H,17,18)(H,19,22). The first kappa shape index (κ1) is 14.7. The molecule has 1 saturated carbocycles. The van der Waals surface area contributed by atoms with Gasteiger partial charge in [0.05, 0.1) is 18.3 Å². The molecule has 1 saturated heterocycles. The third-order valence-corrected chi connectivity index (χ3v) is 5.42. The molecule has 0 aromatic carbocycles. The van der Waals surface area contributed by atoms with Crippen molar-refractivity contribution in [2.24, 2.45) is 0 Å². The maximum Gasteiger partial charge on any atom is 0.318 e. The van der Waals surface area contributed by atoms with Gasteiger partial charge in [0, 0.05) is 30.2 Å². The first-order valence-electron chi connectivity index (χ1n) is 8.29. The van der Waals surface area contributed by atoms with E-state index >= 15 is 0 Å². The SMILES string of the molecule is O=C(NCc1nc(C2CC2)cs1)N1CCCCC1c1ncc[nH]1. The van der Waals surface area contributed by atoms with Gasteiger partial charge in [-0.15, -0.1) is 11.3 Å². The van der Waals surface area contributed by atoms with Crippen LogP contribution in [0.5, 0.6) is 0 Å². The number of piperidine rings is 1. The number of amides is 2. The van der Waals surface area contributed by atoms with Crippen molar-refractivity contribution in [2.75, 3.05) is 6.54 Å². The molecule has 1 unspecified atom stereocenters. The Labute approximate surface area is 139 Å². The zero-order valence-corrected chi connectivity index (χ0v) is 13.8. The van der Waals surface area contributed by atoms with Gasteiger partial charge in [0.15, 0.2) is 0 Å². The van der Waals surface area contributed by atoms with Crippen LogP contribution in [0.4, 0.5) is 4.79 Å². The van der Waals surface area contributed by atoms with Gasteiger partial charge in [-0.1, -0.05) is 0 Å². The first-order chi connectivity index (χ1) is 11.3. The minimum absolute atomic E-state index is 0.0192. The van der Waals surface area contributed by atoms with Crippen LogP contribution in [0.15, 0.2) is 17.8 Å². The molecular weight excluding hydrogens is 310 g/mol. The van der Waals surface area contributed by atoms with Crippen LogP contribution in [0.2, 0.25) is 0 Å². The monoisotopic (exact) mass is 331 g/mol. The first-order valence-corrected chi connectivity index (χ1v) is 9.17. The number of carbonyl (C=O) groups excluding carboxylic acids is 1. The maximum absolute atomic E-state index is 12.6. The summed E-state index contributed by atoms with van der Waals surface area (Å²) in [4.78, 5) is 26.6. The van der Waals surface area contributed by atoms with Gasteiger partial charge in [-0.2, -0.15) is 0 Å². The molecular formula is C16H21N5OS. The minimum Gasteiger partial charge on any atom is -0.347 e. The number of hydrogen-bond donors (Lipinski definition) is 2. The molecule has 122 valence electrons. The smallest absolute Gasteiger partial charge is 0.318 e. The highest BCUT2D eigenvalue weighted by atomic mass is 32.1. The third kappa shape index (κ3) is 3.24. The molecule has 7 heteroatoms. The second kappa shape index (κ2) is 6.31. The molecule has 2 fully saturated rings. The summed E-state index contributed by atoms with van der Waals surface area (Å²) in [5.41, 5.74) is 1.20. The Bertz CT molecular complexity index is 664. The average molecular weight is 331 g/mol. The molecule has 1 aliphatic carbocycles. The van der Waals surface area contributed by atoms with Crippen LogP contribution in [-0.4, -0.2) is 32.4 Å². The highest BCUT2D eigenvalue weighted by Crippen LogP contribution is 2.40. The lowest BCUT2D eigenvalue weighted by molar-refractivity contribution is 0.147. The van der Waals surface area contributed by atoms with Crippen molar-refractivity contribution in [3.8, 4) is 0 Å². The Morgan fingerprint density at radius 3 is 3.09 bits per heavy atom. The Hall–Kier alpha value is -1.89. The predicted molar refractivity (Wildman–Crippen MR) is 88.2 cm³/mol. The number of nitrogens with zero attached hydrogens (tertiary/aromatic N) is 3. The number of hydrogen-bond acceptors (Lipinski definition) is 4. The number of aromatic amines is 1. The van der Waals surface area contributed by atoms with E-state index in [4.69, 9.17) is 0 Å². The van der Waals surface area contributed by atoms with E-state index in [1.165, 1.54) is 18.5 Å². The van der Waals surface area contributed by atoms with Gasteiger partial charge in [-0.25, -0.2) is 14.8 Å². The van der Waals surface area contributed by atoms with E-state index in [1.807, 2.05) is 11.1 Å². The number of rotatable bonds is 4. The number of carbonyl (C=O) groups is 1. The fourth-order valence-corrected chi connectivity index (χ4v) is 3.96. The molecule has 2 aliphatic rings. The fraction of sp³-hybridized carbons (Fsp3) is 0.562. The molecule has 3 heterocycles. The summed E-state index contributed by atoms with van der Waals surface area (Å²) in [6.07, 6.45) is 9.22. The third-order valence-electron chi connectivity index (χ3n) is 4.55. The zero-order chi connectivity index (χ0) is 15.6. The normalized spacial score (nSPS) is 21.4. The lowest BCUT2D eigenvalue weighted by atomic mass is 10.0. The van der Waals surface area contributed by atoms with Gasteiger partial charge in [-0.05, 0) is 32.1 Å². The highest BCUT2D eigenvalue weighted by Gasteiger charge is 2.30. The van der Waals surface area contributed by atoms with Crippen LogP contribution in [0.25, 0.3) is 0 Å². The Morgan fingerprint density at radius 2 is 2.30 bits per heavy atom. The molecule has 2 aromatic heterocycles. The summed E-state index contributed by atoms with van der Waals surface area (Å²) in [7, 11) is 0. The van der Waals surface area contributed by atoms with E-state index in [0.717, 1.165) is 36.6 Å². The Kier molecular flexibility index (Phi) is 4.03. The summed E-state index contributed by atoms with van der Waals surface area (Å²) in [5, 5.41) is 6.15. The van der Waals surface area contributed by atoms with E-state index in [0.29, 0.717) is 12.5 Å². The van der Waals surface area contributed by atoms with Crippen molar-refractivity contribution in [2.45, 2.75) is 50.6 Å². The number of nitrogens with one attached hydrogen (secondary N) is 2. The quantitative estimate of drug-likeness (QED) is 0.903. The number of likely N-dealkylation sites (tertiary alicyclic amines) is 1. The van der Waals surface area contributed by atoms with E-state index in [-0.39, 0.29) is 12.1 Å². The summed E-state index contributed by atoms with van der Waals surface area (Å²) < 4.78 is 0. The van der Waals surface area contributed by atoms with Crippen molar-refractivity contribution < 1.29 is 4.79 Å². The Morgan fingerprint density at radius 1 is 1.39 bits per heavy atom. The van der Waals surface area contributed by atoms with E-state index in [9.17, 15) is 4.79 Å². The lowest BCUT2D eigenvalue weighted by Crippen LogP contribution is -2.44. The second-order valence-corrected chi connectivity index (χ2v) is 7.22. The topological polar surface area (TPSA) is 73.9 Å². The number of urea groups is 1. The Balaban J connectivity index is 1.38. The number of H-pyrrole nitrogens is 1. The van der Waals surface area contributed by atoms with E-state index in [1.54, 1.807) is 17.5 Å². The van der Waals surface area contributed by atoms with Crippen molar-refractivity contribution in [1.82, 2.24) is 25.2 Å². The van der Waals surface area contributed by atoms with Gasteiger partial charge in [0.2, 0.25) is 0 Å². The van der Waals surface area contributed by atoms with Crippen molar-refractivity contribution in [3.05, 3.63) is 34.3 Å². The fourth-order valence-electron chi connectivity index (χ4n) is 3.14. The minimum atomic E-state index is -0.0192. The summed E-state index contributed by atoms with van der Waals surface area (Å²) in [5.74, 6) is 1.55.